The van der Waals surface area contributed by atoms with E-state index in [1.54, 1.807) is 11.8 Å². The molecule has 0 saturated heterocycles. The summed E-state index contributed by atoms with van der Waals surface area (Å²) in [5.74, 6) is 0.824. The number of rotatable bonds is 19. The molecular weight excluding hydrogens is 436 g/mol. The first-order valence-electron chi connectivity index (χ1n) is 13.3. The highest BCUT2D eigenvalue weighted by Crippen LogP contribution is 2.45. The minimum atomic E-state index is -0.744. The molecule has 0 heterocycles. The van der Waals surface area contributed by atoms with Crippen LogP contribution in [0.4, 0.5) is 0 Å². The number of hydrogen-bond donors (Lipinski definition) is 3. The summed E-state index contributed by atoms with van der Waals surface area (Å²) in [4.78, 5) is 23.5. The predicted molar refractivity (Wildman–Crippen MR) is 135 cm³/mol. The minimum Gasteiger partial charge on any atom is -0.481 e. The van der Waals surface area contributed by atoms with E-state index >= 15 is 0 Å². The zero-order valence-corrected chi connectivity index (χ0v) is 21.4. The number of ketones is 1. The third kappa shape index (κ3) is 10.1. The van der Waals surface area contributed by atoms with Gasteiger partial charge in [0.15, 0.2) is 0 Å². The normalized spacial score (nSPS) is 25.1. The maximum Gasteiger partial charge on any atom is 0.303 e. The van der Waals surface area contributed by atoms with E-state index in [9.17, 15) is 19.8 Å². The lowest BCUT2D eigenvalue weighted by atomic mass is 9.85. The van der Waals surface area contributed by atoms with Gasteiger partial charge in [-0.25, -0.2) is 0 Å². The van der Waals surface area contributed by atoms with Crippen LogP contribution in [0, 0.1) is 17.8 Å². The van der Waals surface area contributed by atoms with Gasteiger partial charge in [0.25, 0.3) is 0 Å². The molecule has 0 aromatic rings. The Bertz CT molecular complexity index is 618. The zero-order chi connectivity index (χ0) is 24.1. The second kappa shape index (κ2) is 15.2. The summed E-state index contributed by atoms with van der Waals surface area (Å²) in [6.07, 6.45) is 18.0. The fourth-order valence-electron chi connectivity index (χ4n) is 5.32. The van der Waals surface area contributed by atoms with Gasteiger partial charge in [-0.2, -0.15) is 11.8 Å². The largest absolute Gasteiger partial charge is 0.481 e. The molecule has 0 aromatic heterocycles. The Kier molecular flexibility index (Phi) is 13.1. The van der Waals surface area contributed by atoms with Crippen molar-refractivity contribution in [2.45, 2.75) is 114 Å². The summed E-state index contributed by atoms with van der Waals surface area (Å²) in [6.45, 7) is 2.33. The summed E-state index contributed by atoms with van der Waals surface area (Å²) in [5, 5.41) is 29.6. The van der Waals surface area contributed by atoms with Crippen molar-refractivity contribution < 1.29 is 24.9 Å². The van der Waals surface area contributed by atoms with Crippen molar-refractivity contribution in [2.75, 3.05) is 12.4 Å². The third-order valence-electron chi connectivity index (χ3n) is 7.42. The Morgan fingerprint density at radius 2 is 1.85 bits per heavy atom. The third-order valence-corrected chi connectivity index (χ3v) is 8.75. The van der Waals surface area contributed by atoms with Gasteiger partial charge in [-0.05, 0) is 50.4 Å². The number of carbonyl (C=O) groups is 2. The number of allylic oxidation sites excluding steroid dienone is 1. The first-order valence-corrected chi connectivity index (χ1v) is 14.3. The maximum absolute atomic E-state index is 12.8. The van der Waals surface area contributed by atoms with E-state index in [2.05, 4.69) is 19.1 Å². The minimum absolute atomic E-state index is 0.00971. The van der Waals surface area contributed by atoms with Crippen LogP contribution in [-0.2, 0) is 9.59 Å². The molecule has 4 atom stereocenters. The highest BCUT2D eigenvalue weighted by Gasteiger charge is 2.43. The average Bonchev–Trinajstić information content (AvgIpc) is 3.59. The molecule has 0 amide bonds. The predicted octanol–water partition coefficient (Wildman–Crippen LogP) is 5.77. The fraction of sp³-hybridized carbons (Fsp3) is 0.852. The molecule has 33 heavy (non-hydrogen) atoms. The molecule has 2 aliphatic carbocycles. The molecular formula is C27H46O5S. The Morgan fingerprint density at radius 1 is 1.12 bits per heavy atom. The van der Waals surface area contributed by atoms with Gasteiger partial charge in [-0.15, -0.1) is 0 Å². The van der Waals surface area contributed by atoms with Gasteiger partial charge in [0.1, 0.15) is 5.78 Å². The van der Waals surface area contributed by atoms with Crippen LogP contribution in [0.5, 0.6) is 0 Å². The average molecular weight is 483 g/mol. The molecule has 190 valence electrons. The number of aliphatic hydroxyl groups is 2. The lowest BCUT2D eigenvalue weighted by Crippen LogP contribution is -2.30. The van der Waals surface area contributed by atoms with E-state index in [-0.39, 0.29) is 30.1 Å². The molecule has 0 bridgehead atoms. The van der Waals surface area contributed by atoms with E-state index in [1.165, 1.54) is 19.3 Å². The summed E-state index contributed by atoms with van der Waals surface area (Å²) in [7, 11) is 0. The van der Waals surface area contributed by atoms with E-state index in [4.69, 9.17) is 5.11 Å². The number of hydrogen-bond acceptors (Lipinski definition) is 5. The van der Waals surface area contributed by atoms with E-state index in [0.29, 0.717) is 36.7 Å². The first kappa shape index (κ1) is 28.4. The second-order valence-electron chi connectivity index (χ2n) is 10.2. The van der Waals surface area contributed by atoms with Gasteiger partial charge in [0, 0.05) is 29.8 Å². The number of aliphatic hydroxyl groups excluding tert-OH is 1. The lowest BCUT2D eigenvalue weighted by molar-refractivity contribution is -0.137. The van der Waals surface area contributed by atoms with E-state index in [0.717, 1.165) is 51.4 Å². The molecule has 2 saturated carbocycles. The standard InChI is InChI=1S/C27H46O5S/c1-2-3-4-9-16-27(32,21-14-15-21)17-10-12-23-22(11-7-5-6-8-13-26(30)31)24(29)20-25(23)33-19-18-28/h10,12,21-23,25,28,32H,2-9,11,13-20H2,1H3,(H,30,31)/t22-,23-,25-,27?/m1/s1. The number of carboxylic acids is 1. The summed E-state index contributed by atoms with van der Waals surface area (Å²) >= 11 is 1.70. The molecule has 2 rings (SSSR count). The summed E-state index contributed by atoms with van der Waals surface area (Å²) in [5.41, 5.74) is -0.597. The topological polar surface area (TPSA) is 94.8 Å². The molecule has 0 spiro atoms. The highest BCUT2D eigenvalue weighted by molar-refractivity contribution is 8.00. The van der Waals surface area contributed by atoms with E-state index in [1.807, 2.05) is 0 Å². The Morgan fingerprint density at radius 3 is 2.52 bits per heavy atom. The van der Waals surface area contributed by atoms with Crippen molar-refractivity contribution in [2.24, 2.45) is 17.8 Å². The number of aliphatic carboxylic acids is 1. The van der Waals surface area contributed by atoms with Gasteiger partial charge in [-0.1, -0.05) is 64.0 Å². The van der Waals surface area contributed by atoms with Gasteiger partial charge in [0.05, 0.1) is 12.2 Å². The number of carbonyl (C=O) groups excluding carboxylic acids is 1. The molecule has 3 N–H and O–H groups in total. The fourth-order valence-corrected chi connectivity index (χ4v) is 6.51. The highest BCUT2D eigenvalue weighted by atomic mass is 32.2. The molecule has 2 fully saturated rings. The van der Waals surface area contributed by atoms with Crippen molar-refractivity contribution in [1.29, 1.82) is 0 Å². The number of Topliss-reactive ketones (excluding diaryl/α,β-unsaturated/α-hetero) is 1. The van der Waals surface area contributed by atoms with Crippen LogP contribution in [0.3, 0.4) is 0 Å². The van der Waals surface area contributed by atoms with Crippen LogP contribution in [0.25, 0.3) is 0 Å². The Hall–Kier alpha value is -0.850. The number of thioether (sulfide) groups is 1. The second-order valence-corrected chi connectivity index (χ2v) is 11.5. The van der Waals surface area contributed by atoms with Gasteiger partial charge < -0.3 is 15.3 Å². The number of carboxylic acid groups (broad SMARTS) is 1. The Labute approximate surface area is 204 Å². The van der Waals surface area contributed by atoms with Crippen molar-refractivity contribution in [3.05, 3.63) is 12.2 Å². The molecule has 0 radical (unpaired) electrons. The number of unbranched alkanes of at least 4 members (excludes halogenated alkanes) is 6. The van der Waals surface area contributed by atoms with Gasteiger partial charge in [0.2, 0.25) is 0 Å². The maximum atomic E-state index is 12.8. The van der Waals surface area contributed by atoms with Gasteiger partial charge in [-0.3, -0.25) is 9.59 Å². The van der Waals surface area contributed by atoms with Crippen LogP contribution < -0.4 is 0 Å². The molecule has 2 aliphatic rings. The molecule has 0 aliphatic heterocycles. The van der Waals surface area contributed by atoms with Gasteiger partial charge >= 0.3 is 5.97 Å². The smallest absolute Gasteiger partial charge is 0.303 e. The SMILES string of the molecule is CCCCCCC(O)(CC=C[C@H]1[C@H](SCCO)CC(=O)[C@@H]1CCCCCCC(=O)O)C1CC1. The molecule has 5 nitrogen and oxygen atoms in total. The summed E-state index contributed by atoms with van der Waals surface area (Å²) < 4.78 is 0. The Balaban J connectivity index is 1.92. The van der Waals surface area contributed by atoms with Crippen molar-refractivity contribution >= 4 is 23.5 Å². The van der Waals surface area contributed by atoms with Crippen molar-refractivity contribution in [3.63, 3.8) is 0 Å². The molecule has 6 heteroatoms. The van der Waals surface area contributed by atoms with Crippen LogP contribution in [0.1, 0.15) is 103 Å². The van der Waals surface area contributed by atoms with Crippen LogP contribution in [0.2, 0.25) is 0 Å². The quantitative estimate of drug-likeness (QED) is 0.160. The molecule has 0 aromatic carbocycles. The zero-order valence-electron chi connectivity index (χ0n) is 20.6. The van der Waals surface area contributed by atoms with E-state index < -0.39 is 11.6 Å². The monoisotopic (exact) mass is 482 g/mol. The summed E-state index contributed by atoms with van der Waals surface area (Å²) in [6, 6.07) is 0. The first-order chi connectivity index (χ1) is 15.9. The molecule has 1 unspecified atom stereocenters. The van der Waals surface area contributed by atoms with Crippen LogP contribution >= 0.6 is 11.8 Å². The van der Waals surface area contributed by atoms with Crippen molar-refractivity contribution in [1.82, 2.24) is 0 Å². The van der Waals surface area contributed by atoms with Crippen LogP contribution in [0.15, 0.2) is 12.2 Å². The lowest BCUT2D eigenvalue weighted by Gasteiger charge is -2.28. The van der Waals surface area contributed by atoms with Crippen LogP contribution in [-0.4, -0.2) is 50.3 Å². The van der Waals surface area contributed by atoms with Crippen molar-refractivity contribution in [3.8, 4) is 0 Å².